The molecule has 0 saturated heterocycles. The zero-order chi connectivity index (χ0) is 11.2. The van der Waals surface area contributed by atoms with Crippen molar-refractivity contribution in [3.63, 3.8) is 0 Å². The van der Waals surface area contributed by atoms with Crippen molar-refractivity contribution >= 4 is 0 Å². The van der Waals surface area contributed by atoms with Crippen molar-refractivity contribution in [2.45, 2.75) is 46.0 Å². The Balaban J connectivity index is 1.86. The van der Waals surface area contributed by atoms with Crippen molar-refractivity contribution < 1.29 is 0 Å². The van der Waals surface area contributed by atoms with Gasteiger partial charge in [-0.05, 0) is 60.5 Å². The van der Waals surface area contributed by atoms with Crippen molar-refractivity contribution in [2.24, 2.45) is 17.3 Å². The summed E-state index contributed by atoms with van der Waals surface area (Å²) in [7, 11) is 0. The highest BCUT2D eigenvalue weighted by atomic mass is 14.4. The predicted octanol–water partition coefficient (Wildman–Crippen LogP) is 4.23. The molecule has 2 atom stereocenters. The van der Waals surface area contributed by atoms with Crippen LogP contribution >= 0.6 is 0 Å². The molecule has 2 unspecified atom stereocenters. The summed E-state index contributed by atoms with van der Waals surface area (Å²) in [4.78, 5) is 0. The third-order valence-electron chi connectivity index (χ3n) is 4.76. The first-order chi connectivity index (χ1) is 7.64. The topological polar surface area (TPSA) is 0 Å². The summed E-state index contributed by atoms with van der Waals surface area (Å²) in [6.07, 6.45) is 7.00. The van der Waals surface area contributed by atoms with Crippen LogP contribution in [0.25, 0.3) is 0 Å². The molecule has 0 aliphatic heterocycles. The van der Waals surface area contributed by atoms with Gasteiger partial charge in [-0.25, -0.2) is 0 Å². The van der Waals surface area contributed by atoms with E-state index in [2.05, 4.69) is 38.1 Å². The Labute approximate surface area is 99.1 Å². The van der Waals surface area contributed by atoms with E-state index >= 15 is 0 Å². The lowest BCUT2D eigenvalue weighted by Gasteiger charge is -2.44. The maximum Gasteiger partial charge on any atom is -0.0245 e. The van der Waals surface area contributed by atoms with Gasteiger partial charge in [0.25, 0.3) is 0 Å². The predicted molar refractivity (Wildman–Crippen MR) is 68.5 cm³/mol. The van der Waals surface area contributed by atoms with Gasteiger partial charge in [0.05, 0.1) is 0 Å². The quantitative estimate of drug-likeness (QED) is 0.606. The Hall–Kier alpha value is -0.780. The van der Waals surface area contributed by atoms with E-state index in [4.69, 9.17) is 0 Å². The molecule has 0 N–H and O–H groups in total. The van der Waals surface area contributed by atoms with Crippen LogP contribution in [0.2, 0.25) is 0 Å². The average molecular weight is 214 g/mol. The Morgan fingerprint density at radius 3 is 2.31 bits per heavy atom. The van der Waals surface area contributed by atoms with Gasteiger partial charge in [-0.15, -0.1) is 0 Å². The zero-order valence-corrected chi connectivity index (χ0v) is 10.5. The minimum atomic E-state index is 0.591. The second kappa shape index (κ2) is 3.61. The van der Waals surface area contributed by atoms with Gasteiger partial charge in [0.1, 0.15) is 0 Å². The molecule has 0 bridgehead atoms. The van der Waals surface area contributed by atoms with Crippen molar-refractivity contribution in [2.75, 3.05) is 0 Å². The molecule has 0 spiro atoms. The maximum absolute atomic E-state index is 2.45. The van der Waals surface area contributed by atoms with E-state index < -0.39 is 0 Å². The van der Waals surface area contributed by atoms with Gasteiger partial charge in [-0.3, -0.25) is 0 Å². The van der Waals surface area contributed by atoms with E-state index in [-0.39, 0.29) is 0 Å². The van der Waals surface area contributed by atoms with Crippen LogP contribution in [-0.2, 0) is 12.8 Å². The number of hydrogen-bond donors (Lipinski definition) is 0. The molecule has 0 heterocycles. The maximum atomic E-state index is 2.45. The van der Waals surface area contributed by atoms with Gasteiger partial charge in [-0.1, -0.05) is 38.1 Å². The van der Waals surface area contributed by atoms with Gasteiger partial charge in [0.15, 0.2) is 0 Å². The standard InChI is InChI=1S/C16H22/c1-16(2)8-7-14-9-12-5-3-4-6-13(12)10-15(14)11-16/h3-6,14-15H,7-11H2,1-2H3. The van der Waals surface area contributed by atoms with Crippen molar-refractivity contribution in [1.29, 1.82) is 0 Å². The minimum Gasteiger partial charge on any atom is -0.0620 e. The summed E-state index contributed by atoms with van der Waals surface area (Å²) in [6.45, 7) is 4.90. The number of fused-ring (bicyclic) bond motifs is 2. The van der Waals surface area contributed by atoms with Gasteiger partial charge < -0.3 is 0 Å². The molecule has 2 aliphatic carbocycles. The van der Waals surface area contributed by atoms with Crippen LogP contribution in [0.4, 0.5) is 0 Å². The lowest BCUT2D eigenvalue weighted by atomic mass is 9.62. The van der Waals surface area contributed by atoms with Crippen molar-refractivity contribution in [3.05, 3.63) is 35.4 Å². The lowest BCUT2D eigenvalue weighted by molar-refractivity contribution is 0.110. The zero-order valence-electron chi connectivity index (χ0n) is 10.5. The highest BCUT2D eigenvalue weighted by molar-refractivity contribution is 5.30. The fraction of sp³-hybridized carbons (Fsp3) is 0.625. The van der Waals surface area contributed by atoms with E-state index in [0.717, 1.165) is 11.8 Å². The highest BCUT2D eigenvalue weighted by Crippen LogP contribution is 2.46. The molecular weight excluding hydrogens is 192 g/mol. The first kappa shape index (κ1) is 10.4. The smallest absolute Gasteiger partial charge is 0.0245 e. The molecule has 0 heteroatoms. The van der Waals surface area contributed by atoms with Crippen LogP contribution in [0.3, 0.4) is 0 Å². The second-order valence-corrected chi connectivity index (χ2v) is 6.60. The molecule has 2 aliphatic rings. The molecule has 0 nitrogen and oxygen atoms in total. The SMILES string of the molecule is CC1(C)CCC2Cc3ccccc3CC2C1. The molecule has 1 saturated carbocycles. The van der Waals surface area contributed by atoms with Gasteiger partial charge >= 0.3 is 0 Å². The van der Waals surface area contributed by atoms with Crippen LogP contribution in [0.15, 0.2) is 24.3 Å². The second-order valence-electron chi connectivity index (χ2n) is 6.60. The summed E-state index contributed by atoms with van der Waals surface area (Å²) in [5, 5.41) is 0. The largest absolute Gasteiger partial charge is 0.0620 e. The first-order valence-corrected chi connectivity index (χ1v) is 6.71. The molecule has 86 valence electrons. The molecular formula is C16H22. The summed E-state index contributed by atoms with van der Waals surface area (Å²) in [6, 6.07) is 9.08. The monoisotopic (exact) mass is 214 g/mol. The van der Waals surface area contributed by atoms with Crippen LogP contribution in [-0.4, -0.2) is 0 Å². The Bertz CT molecular complexity index is 389. The van der Waals surface area contributed by atoms with Crippen molar-refractivity contribution in [1.82, 2.24) is 0 Å². The summed E-state index contributed by atoms with van der Waals surface area (Å²) < 4.78 is 0. The Kier molecular flexibility index (Phi) is 2.34. The van der Waals surface area contributed by atoms with E-state index in [1.54, 1.807) is 11.1 Å². The molecule has 16 heavy (non-hydrogen) atoms. The van der Waals surface area contributed by atoms with Crippen molar-refractivity contribution in [3.8, 4) is 0 Å². The normalized spacial score (nSPS) is 31.6. The van der Waals surface area contributed by atoms with Crippen LogP contribution in [0, 0.1) is 17.3 Å². The van der Waals surface area contributed by atoms with E-state index in [1.807, 2.05) is 0 Å². The van der Waals surface area contributed by atoms with Crippen LogP contribution in [0.1, 0.15) is 44.2 Å². The third-order valence-corrected chi connectivity index (χ3v) is 4.76. The minimum absolute atomic E-state index is 0.591. The number of hydrogen-bond acceptors (Lipinski definition) is 0. The van der Waals surface area contributed by atoms with E-state index in [9.17, 15) is 0 Å². The van der Waals surface area contributed by atoms with Gasteiger partial charge in [0, 0.05) is 0 Å². The molecule has 1 fully saturated rings. The molecule has 0 radical (unpaired) electrons. The molecule has 0 amide bonds. The van der Waals surface area contributed by atoms with Gasteiger partial charge in [0.2, 0.25) is 0 Å². The number of benzene rings is 1. The fourth-order valence-corrected chi connectivity index (χ4v) is 3.82. The molecule has 1 aromatic carbocycles. The summed E-state index contributed by atoms with van der Waals surface area (Å²) >= 11 is 0. The summed E-state index contributed by atoms with van der Waals surface area (Å²) in [5.74, 6) is 1.93. The number of rotatable bonds is 0. The lowest BCUT2D eigenvalue weighted by Crippen LogP contribution is -2.35. The molecule has 1 aromatic rings. The van der Waals surface area contributed by atoms with E-state index in [0.29, 0.717) is 5.41 Å². The van der Waals surface area contributed by atoms with Gasteiger partial charge in [-0.2, -0.15) is 0 Å². The average Bonchev–Trinajstić information content (AvgIpc) is 2.25. The molecule has 3 rings (SSSR count). The first-order valence-electron chi connectivity index (χ1n) is 6.71. The van der Waals surface area contributed by atoms with Crippen LogP contribution < -0.4 is 0 Å². The fourth-order valence-electron chi connectivity index (χ4n) is 3.82. The molecule has 0 aromatic heterocycles. The highest BCUT2D eigenvalue weighted by Gasteiger charge is 2.37. The Morgan fingerprint density at radius 1 is 1.00 bits per heavy atom. The Morgan fingerprint density at radius 2 is 1.62 bits per heavy atom. The van der Waals surface area contributed by atoms with Crippen LogP contribution in [0.5, 0.6) is 0 Å². The summed E-state index contributed by atoms with van der Waals surface area (Å²) in [5.41, 5.74) is 3.85. The third kappa shape index (κ3) is 1.79. The van der Waals surface area contributed by atoms with E-state index in [1.165, 1.54) is 32.1 Å².